The number of Topliss-reactive ketones (excluding diaryl/α,β-unsaturated/α-hetero) is 3. The quantitative estimate of drug-likeness (QED) is 0.721. The van der Waals surface area contributed by atoms with Crippen LogP contribution in [0.1, 0.15) is 59.6 Å². The molecule has 0 radical (unpaired) electrons. The van der Waals surface area contributed by atoms with Gasteiger partial charge in [-0.15, -0.1) is 0 Å². The Bertz CT molecular complexity index is 1010. The van der Waals surface area contributed by atoms with Crippen LogP contribution < -0.4 is 0 Å². The molecule has 7 heteroatoms. The van der Waals surface area contributed by atoms with Gasteiger partial charge < -0.3 is 13.9 Å². The fourth-order valence-electron chi connectivity index (χ4n) is 5.77. The first-order valence-electron chi connectivity index (χ1n) is 9.42. The fourth-order valence-corrected chi connectivity index (χ4v) is 5.77. The maximum absolute atomic E-state index is 13.4. The van der Waals surface area contributed by atoms with E-state index in [1.807, 2.05) is 0 Å². The van der Waals surface area contributed by atoms with Gasteiger partial charge in [-0.2, -0.15) is 0 Å². The molecule has 1 aliphatic heterocycles. The van der Waals surface area contributed by atoms with E-state index in [4.69, 9.17) is 13.9 Å². The van der Waals surface area contributed by atoms with Crippen LogP contribution in [0.15, 0.2) is 21.8 Å². The third-order valence-corrected chi connectivity index (χ3v) is 7.20. The monoisotopic (exact) mass is 384 g/mol. The first-order valence-corrected chi connectivity index (χ1v) is 9.42. The highest BCUT2D eigenvalue weighted by Crippen LogP contribution is 2.59. The topological polar surface area (TPSA) is 99.9 Å². The molecule has 0 unspecified atom stereocenters. The van der Waals surface area contributed by atoms with Gasteiger partial charge in [0.15, 0.2) is 11.5 Å². The van der Waals surface area contributed by atoms with Gasteiger partial charge in [-0.25, -0.2) is 4.79 Å². The zero-order chi connectivity index (χ0) is 20.0. The Labute approximate surface area is 161 Å². The van der Waals surface area contributed by atoms with Gasteiger partial charge in [-0.3, -0.25) is 14.4 Å². The summed E-state index contributed by atoms with van der Waals surface area (Å²) in [5.41, 5.74) is -0.602. The average Bonchev–Trinajstić information content (AvgIpc) is 3.21. The summed E-state index contributed by atoms with van der Waals surface area (Å²) < 4.78 is 16.4. The molecule has 0 saturated heterocycles. The van der Waals surface area contributed by atoms with E-state index in [0.717, 1.165) is 0 Å². The number of carbonyl (C=O) groups is 4. The van der Waals surface area contributed by atoms with Crippen LogP contribution in [-0.4, -0.2) is 43.1 Å². The van der Waals surface area contributed by atoms with Gasteiger partial charge >= 0.3 is 5.97 Å². The van der Waals surface area contributed by atoms with Crippen LogP contribution in [0.4, 0.5) is 0 Å². The molecule has 0 aromatic carbocycles. The number of furan rings is 1. The Kier molecular flexibility index (Phi) is 3.31. The normalized spacial score (nSPS) is 36.2. The average molecular weight is 384 g/mol. The summed E-state index contributed by atoms with van der Waals surface area (Å²) in [5.74, 6) is -1.46. The second-order valence-electron chi connectivity index (χ2n) is 8.55. The van der Waals surface area contributed by atoms with Crippen molar-refractivity contribution < 1.29 is 33.1 Å². The van der Waals surface area contributed by atoms with Crippen molar-refractivity contribution in [2.75, 3.05) is 13.7 Å². The van der Waals surface area contributed by atoms with Gasteiger partial charge in [0.25, 0.3) is 0 Å². The molecule has 4 atom stereocenters. The summed E-state index contributed by atoms with van der Waals surface area (Å²) >= 11 is 0. The number of carbonyl (C=O) groups excluding carboxylic acids is 4. The van der Waals surface area contributed by atoms with E-state index in [0.29, 0.717) is 29.6 Å². The lowest BCUT2D eigenvalue weighted by Crippen LogP contribution is -2.55. The molecule has 0 amide bonds. The van der Waals surface area contributed by atoms with Gasteiger partial charge in [0.2, 0.25) is 5.78 Å². The fraction of sp³-hybridized carbons (Fsp3) is 0.524. The van der Waals surface area contributed by atoms with Crippen LogP contribution in [0.3, 0.4) is 0 Å². The highest BCUT2D eigenvalue weighted by molar-refractivity contribution is 6.21. The summed E-state index contributed by atoms with van der Waals surface area (Å²) in [7, 11) is 1.49. The molecule has 2 heterocycles. The number of methoxy groups -OCH3 is 1. The number of fused-ring (bicyclic) bond motifs is 3. The SMILES string of the molecule is COC[C@H]1OC(=O)c2coc3c2[C@@]1(C)C1=C(C3=O)[C@@H]2CCC(=O)[C@@]2(C)CC1=O. The number of ketones is 3. The Morgan fingerprint density at radius 3 is 2.68 bits per heavy atom. The van der Waals surface area contributed by atoms with Crippen molar-refractivity contribution in [2.24, 2.45) is 11.3 Å². The van der Waals surface area contributed by atoms with Gasteiger partial charge in [0, 0.05) is 48.0 Å². The molecule has 1 fully saturated rings. The second kappa shape index (κ2) is 5.29. The van der Waals surface area contributed by atoms with E-state index in [1.54, 1.807) is 13.8 Å². The molecule has 1 saturated carbocycles. The van der Waals surface area contributed by atoms with E-state index in [-0.39, 0.29) is 41.8 Å². The minimum absolute atomic E-state index is 0.0183. The van der Waals surface area contributed by atoms with Crippen molar-refractivity contribution in [3.63, 3.8) is 0 Å². The van der Waals surface area contributed by atoms with Crippen LogP contribution in [0, 0.1) is 11.3 Å². The van der Waals surface area contributed by atoms with Crippen molar-refractivity contribution in [3.8, 4) is 0 Å². The lowest BCUT2D eigenvalue weighted by molar-refractivity contribution is -0.132. The van der Waals surface area contributed by atoms with E-state index >= 15 is 0 Å². The molecule has 5 rings (SSSR count). The van der Waals surface area contributed by atoms with Crippen molar-refractivity contribution >= 4 is 23.3 Å². The predicted molar refractivity (Wildman–Crippen MR) is 94.0 cm³/mol. The molecule has 1 aromatic rings. The number of rotatable bonds is 2. The van der Waals surface area contributed by atoms with Gasteiger partial charge in [0.05, 0.1) is 12.0 Å². The van der Waals surface area contributed by atoms with E-state index in [2.05, 4.69) is 0 Å². The summed E-state index contributed by atoms with van der Waals surface area (Å²) in [6.45, 7) is 3.66. The lowest BCUT2D eigenvalue weighted by Gasteiger charge is -2.48. The molecule has 0 bridgehead atoms. The number of esters is 1. The van der Waals surface area contributed by atoms with Gasteiger partial charge in [0.1, 0.15) is 23.7 Å². The third kappa shape index (κ3) is 1.78. The largest absolute Gasteiger partial charge is 0.460 e. The van der Waals surface area contributed by atoms with E-state index in [9.17, 15) is 19.2 Å². The second-order valence-corrected chi connectivity index (χ2v) is 8.55. The molecule has 0 spiro atoms. The van der Waals surface area contributed by atoms with Crippen molar-refractivity contribution in [3.05, 3.63) is 34.3 Å². The smallest absolute Gasteiger partial charge is 0.342 e. The maximum atomic E-state index is 13.4. The molecule has 7 nitrogen and oxygen atoms in total. The number of cyclic esters (lactones) is 1. The van der Waals surface area contributed by atoms with Crippen molar-refractivity contribution in [2.45, 2.75) is 44.6 Å². The molecular formula is C21H20O7. The van der Waals surface area contributed by atoms with Crippen LogP contribution in [0.25, 0.3) is 0 Å². The standard InChI is InChI=1S/C21H20O7/c1-20-6-11(22)16-14(10(20)4-5-12(20)23)17(24)18-15-9(7-27-18)19(25)28-13(8-26-3)21(15,16)2/h7,10,13H,4-6,8H2,1-3H3/t10-,13+,20-,21-/m0/s1. The van der Waals surface area contributed by atoms with Crippen molar-refractivity contribution in [1.29, 1.82) is 0 Å². The number of hydrogen-bond donors (Lipinski definition) is 0. The number of allylic oxidation sites excluding steroid dienone is 1. The van der Waals surface area contributed by atoms with E-state index < -0.39 is 28.7 Å². The Balaban J connectivity index is 1.83. The Morgan fingerprint density at radius 2 is 1.96 bits per heavy atom. The number of ether oxygens (including phenoxy) is 2. The first kappa shape index (κ1) is 17.6. The maximum Gasteiger partial charge on any atom is 0.342 e. The lowest BCUT2D eigenvalue weighted by atomic mass is 9.54. The summed E-state index contributed by atoms with van der Waals surface area (Å²) in [6, 6.07) is 0. The molecule has 4 aliphatic rings. The third-order valence-electron chi connectivity index (χ3n) is 7.20. The minimum Gasteiger partial charge on any atom is -0.460 e. The number of hydrogen-bond acceptors (Lipinski definition) is 7. The van der Waals surface area contributed by atoms with Crippen LogP contribution in [-0.2, 0) is 24.5 Å². The zero-order valence-electron chi connectivity index (χ0n) is 15.9. The highest BCUT2D eigenvalue weighted by atomic mass is 16.6. The highest BCUT2D eigenvalue weighted by Gasteiger charge is 2.63. The minimum atomic E-state index is -1.05. The van der Waals surface area contributed by atoms with Crippen molar-refractivity contribution in [1.82, 2.24) is 0 Å². The summed E-state index contributed by atoms with van der Waals surface area (Å²) in [4.78, 5) is 51.8. The molecule has 28 heavy (non-hydrogen) atoms. The van der Waals surface area contributed by atoms with Crippen LogP contribution >= 0.6 is 0 Å². The van der Waals surface area contributed by atoms with Gasteiger partial charge in [-0.05, 0) is 13.3 Å². The van der Waals surface area contributed by atoms with Gasteiger partial charge in [-0.1, -0.05) is 6.92 Å². The predicted octanol–water partition coefficient (Wildman–Crippen LogP) is 2.17. The molecule has 146 valence electrons. The Morgan fingerprint density at radius 1 is 1.21 bits per heavy atom. The summed E-state index contributed by atoms with van der Waals surface area (Å²) in [5, 5.41) is 0. The first-order chi connectivity index (χ1) is 13.2. The summed E-state index contributed by atoms with van der Waals surface area (Å²) in [6.07, 6.45) is 1.41. The molecular weight excluding hydrogens is 364 g/mol. The van der Waals surface area contributed by atoms with Crippen LogP contribution in [0.5, 0.6) is 0 Å². The van der Waals surface area contributed by atoms with Crippen LogP contribution in [0.2, 0.25) is 0 Å². The molecule has 1 aromatic heterocycles. The zero-order valence-corrected chi connectivity index (χ0v) is 15.9. The Hall–Kier alpha value is -2.54. The molecule has 0 N–H and O–H groups in total. The molecule has 3 aliphatic carbocycles. The van der Waals surface area contributed by atoms with E-state index in [1.165, 1.54) is 13.4 Å².